The Balaban J connectivity index is 1.46. The summed E-state index contributed by atoms with van der Waals surface area (Å²) in [5, 5.41) is 16.0. The van der Waals surface area contributed by atoms with Crippen LogP contribution < -0.4 is 4.83 Å². The van der Waals surface area contributed by atoms with E-state index in [9.17, 15) is 13.5 Å². The van der Waals surface area contributed by atoms with Gasteiger partial charge in [-0.15, -0.1) is 0 Å². The molecule has 0 spiro atoms. The van der Waals surface area contributed by atoms with Crippen LogP contribution in [0, 0.1) is 12.8 Å². The third kappa shape index (κ3) is 5.03. The van der Waals surface area contributed by atoms with Gasteiger partial charge in [0.15, 0.2) is 0 Å². The summed E-state index contributed by atoms with van der Waals surface area (Å²) in [6.07, 6.45) is 1.78. The highest BCUT2D eigenvalue weighted by Gasteiger charge is 2.48. The van der Waals surface area contributed by atoms with Crippen LogP contribution in [0.5, 0.6) is 0 Å². The van der Waals surface area contributed by atoms with Crippen molar-refractivity contribution in [3.05, 3.63) is 102 Å². The second-order valence-electron chi connectivity index (χ2n) is 9.55. The predicted octanol–water partition coefficient (Wildman–Crippen LogP) is 4.42. The topological polar surface area (TPSA) is 82.0 Å². The maximum atomic E-state index is 12.9. The molecule has 0 unspecified atom stereocenters. The van der Waals surface area contributed by atoms with Crippen LogP contribution >= 0.6 is 0 Å². The van der Waals surface area contributed by atoms with Crippen LogP contribution in [0.2, 0.25) is 0 Å². The van der Waals surface area contributed by atoms with Gasteiger partial charge in [0.05, 0.1) is 11.0 Å². The molecule has 2 aliphatic rings. The number of sulfonamides is 1. The molecule has 2 N–H and O–H groups in total. The Kier molecular flexibility index (Phi) is 6.73. The molecule has 6 nitrogen and oxygen atoms in total. The average Bonchev–Trinajstić information content (AvgIpc) is 3.14. The molecule has 3 aromatic carbocycles. The van der Waals surface area contributed by atoms with E-state index in [0.29, 0.717) is 12.1 Å². The molecule has 0 aliphatic carbocycles. The number of nitrogens with zero attached hydrogens (tertiary/aromatic N) is 2. The van der Waals surface area contributed by atoms with Crippen LogP contribution in [-0.2, 0) is 16.6 Å². The molecule has 2 aliphatic heterocycles. The van der Waals surface area contributed by atoms with Gasteiger partial charge < -0.3 is 5.11 Å². The molecule has 5 rings (SSSR count). The molecule has 35 heavy (non-hydrogen) atoms. The number of aliphatic hydroxyl groups is 1. The summed E-state index contributed by atoms with van der Waals surface area (Å²) in [5.74, 6) is -0.305. The average molecular weight is 490 g/mol. The standard InChI is InChI=1S/C28H31N3O3S/c1-20-12-15-24(16-13-20)35(33,34)30-29-25-18-23-14-17-26(31(23)19-21-8-4-2-5-9-21)27(25)28(32)22-10-6-3-7-11-22/h2-13,15-16,23,26-28,30,32H,14,17-19H2,1H3/b29-25+/t23-,26+,27-,28-/m1/s1. The van der Waals surface area contributed by atoms with Gasteiger partial charge in [-0.3, -0.25) is 4.90 Å². The summed E-state index contributed by atoms with van der Waals surface area (Å²) in [4.78, 5) is 5.11. The summed E-state index contributed by atoms with van der Waals surface area (Å²) < 4.78 is 25.9. The molecule has 0 radical (unpaired) electrons. The lowest BCUT2D eigenvalue weighted by Gasteiger charge is -2.42. The molecule has 0 saturated carbocycles. The van der Waals surface area contributed by atoms with Crippen LogP contribution in [-0.4, -0.2) is 36.2 Å². The third-order valence-electron chi connectivity index (χ3n) is 7.26. The fourth-order valence-electron chi connectivity index (χ4n) is 5.47. The molecule has 2 bridgehead atoms. The number of fused-ring (bicyclic) bond motifs is 2. The molecule has 0 amide bonds. The number of piperidine rings is 1. The quantitative estimate of drug-likeness (QED) is 0.482. The fraction of sp³-hybridized carbons (Fsp3) is 0.321. The number of hydrogen-bond acceptors (Lipinski definition) is 5. The number of rotatable bonds is 7. The van der Waals surface area contributed by atoms with Crippen LogP contribution in [0.25, 0.3) is 0 Å². The monoisotopic (exact) mass is 489 g/mol. The summed E-state index contributed by atoms with van der Waals surface area (Å²) in [6.45, 7) is 2.72. The lowest BCUT2D eigenvalue weighted by atomic mass is 9.81. The first kappa shape index (κ1) is 23.7. The predicted molar refractivity (Wildman–Crippen MR) is 137 cm³/mol. The number of nitrogens with one attached hydrogen (secondary N) is 1. The van der Waals surface area contributed by atoms with Crippen LogP contribution in [0.4, 0.5) is 0 Å². The Morgan fingerprint density at radius 1 is 0.971 bits per heavy atom. The maximum Gasteiger partial charge on any atom is 0.276 e. The van der Waals surface area contributed by atoms with E-state index in [1.165, 1.54) is 5.56 Å². The maximum absolute atomic E-state index is 12.9. The third-order valence-corrected chi connectivity index (χ3v) is 8.49. The Morgan fingerprint density at radius 2 is 1.63 bits per heavy atom. The van der Waals surface area contributed by atoms with E-state index in [1.54, 1.807) is 24.3 Å². The van der Waals surface area contributed by atoms with E-state index in [0.717, 1.165) is 30.5 Å². The minimum absolute atomic E-state index is 0.0757. The van der Waals surface area contributed by atoms with Crippen molar-refractivity contribution in [2.45, 2.75) is 55.8 Å². The highest BCUT2D eigenvalue weighted by Crippen LogP contribution is 2.43. The smallest absolute Gasteiger partial charge is 0.276 e. The highest BCUT2D eigenvalue weighted by molar-refractivity contribution is 7.89. The molecule has 7 heteroatoms. The zero-order valence-electron chi connectivity index (χ0n) is 19.8. The Bertz CT molecular complexity index is 1280. The first-order chi connectivity index (χ1) is 16.9. The molecular formula is C28H31N3O3S. The summed E-state index contributed by atoms with van der Waals surface area (Å²) in [5.41, 5.74) is 3.76. The number of aryl methyl sites for hydroxylation is 1. The normalized spacial score (nSPS) is 24.4. The Hall–Kier alpha value is -3.00. The van der Waals surface area contributed by atoms with Crippen molar-refractivity contribution in [2.75, 3.05) is 0 Å². The first-order valence-electron chi connectivity index (χ1n) is 12.1. The molecule has 3 aromatic rings. The number of hydrogen-bond donors (Lipinski definition) is 2. The lowest BCUT2D eigenvalue weighted by molar-refractivity contribution is 0.0562. The van der Waals surface area contributed by atoms with E-state index < -0.39 is 16.1 Å². The number of hydrazone groups is 1. The van der Waals surface area contributed by atoms with Crippen molar-refractivity contribution >= 4 is 15.7 Å². The van der Waals surface area contributed by atoms with Gasteiger partial charge in [0, 0.05) is 36.7 Å². The summed E-state index contributed by atoms with van der Waals surface area (Å²) >= 11 is 0. The van der Waals surface area contributed by atoms with Gasteiger partial charge in [-0.05, 0) is 43.0 Å². The van der Waals surface area contributed by atoms with Crippen molar-refractivity contribution in [2.24, 2.45) is 11.0 Å². The van der Waals surface area contributed by atoms with Crippen molar-refractivity contribution in [3.63, 3.8) is 0 Å². The van der Waals surface area contributed by atoms with Gasteiger partial charge >= 0.3 is 0 Å². The van der Waals surface area contributed by atoms with Gasteiger partial charge in [0.2, 0.25) is 0 Å². The largest absolute Gasteiger partial charge is 0.388 e. The first-order valence-corrected chi connectivity index (χ1v) is 13.6. The highest BCUT2D eigenvalue weighted by atomic mass is 32.2. The van der Waals surface area contributed by atoms with Crippen LogP contribution in [0.15, 0.2) is 94.9 Å². The molecule has 2 heterocycles. The van der Waals surface area contributed by atoms with E-state index in [1.807, 2.05) is 55.5 Å². The van der Waals surface area contributed by atoms with Gasteiger partial charge in [-0.1, -0.05) is 78.4 Å². The van der Waals surface area contributed by atoms with Crippen molar-refractivity contribution < 1.29 is 13.5 Å². The Morgan fingerprint density at radius 3 is 2.31 bits per heavy atom. The van der Waals surface area contributed by atoms with E-state index in [-0.39, 0.29) is 22.9 Å². The van der Waals surface area contributed by atoms with Gasteiger partial charge in [-0.25, -0.2) is 4.83 Å². The second kappa shape index (κ2) is 9.93. The zero-order chi connectivity index (χ0) is 24.4. The minimum atomic E-state index is -3.80. The second-order valence-corrected chi connectivity index (χ2v) is 11.2. The van der Waals surface area contributed by atoms with Gasteiger partial charge in [0.25, 0.3) is 10.0 Å². The van der Waals surface area contributed by atoms with Gasteiger partial charge in [-0.2, -0.15) is 13.5 Å². The van der Waals surface area contributed by atoms with E-state index >= 15 is 0 Å². The minimum Gasteiger partial charge on any atom is -0.388 e. The van der Waals surface area contributed by atoms with Crippen LogP contribution in [0.3, 0.4) is 0 Å². The SMILES string of the molecule is Cc1ccc(S(=O)(=O)N/N=C2\C[C@H]3CC[C@@H]([C@@H]2[C@H](O)c2ccccc2)N3Cc2ccccc2)cc1. The van der Waals surface area contributed by atoms with Gasteiger partial charge in [0.1, 0.15) is 0 Å². The molecule has 2 fully saturated rings. The van der Waals surface area contributed by atoms with Crippen molar-refractivity contribution in [1.29, 1.82) is 0 Å². The van der Waals surface area contributed by atoms with E-state index in [2.05, 4.69) is 27.0 Å². The molecule has 0 aromatic heterocycles. The molecule has 182 valence electrons. The fourth-order valence-corrected chi connectivity index (χ4v) is 6.31. The van der Waals surface area contributed by atoms with Crippen molar-refractivity contribution in [1.82, 2.24) is 9.73 Å². The number of benzene rings is 3. The number of aliphatic hydroxyl groups excluding tert-OH is 1. The summed E-state index contributed by atoms with van der Waals surface area (Å²) in [7, 11) is -3.80. The summed E-state index contributed by atoms with van der Waals surface area (Å²) in [6, 6.07) is 27.0. The lowest BCUT2D eigenvalue weighted by Crippen LogP contribution is -2.51. The zero-order valence-corrected chi connectivity index (χ0v) is 20.6. The Labute approximate surface area is 207 Å². The van der Waals surface area contributed by atoms with Crippen LogP contribution in [0.1, 0.15) is 42.1 Å². The molecular weight excluding hydrogens is 458 g/mol. The molecule has 4 atom stereocenters. The van der Waals surface area contributed by atoms with Crippen molar-refractivity contribution in [3.8, 4) is 0 Å². The van der Waals surface area contributed by atoms with E-state index in [4.69, 9.17) is 0 Å². The molecule has 2 saturated heterocycles.